The van der Waals surface area contributed by atoms with Gasteiger partial charge >= 0.3 is 5.97 Å². The van der Waals surface area contributed by atoms with Crippen LogP contribution >= 0.6 is 0 Å². The van der Waals surface area contributed by atoms with E-state index in [1.807, 2.05) is 24.3 Å². The first kappa shape index (κ1) is 21.6. The second kappa shape index (κ2) is 10.0. The van der Waals surface area contributed by atoms with Gasteiger partial charge in [-0.25, -0.2) is 0 Å². The van der Waals surface area contributed by atoms with Crippen LogP contribution in [0.2, 0.25) is 0 Å². The molecule has 5 heteroatoms. The molecule has 0 atom stereocenters. The lowest BCUT2D eigenvalue weighted by Crippen LogP contribution is -2.15. The summed E-state index contributed by atoms with van der Waals surface area (Å²) in [5, 5.41) is 8.79. The number of aryl methyl sites for hydroxylation is 1. The van der Waals surface area contributed by atoms with Gasteiger partial charge in [-0.1, -0.05) is 39.0 Å². The lowest BCUT2D eigenvalue weighted by atomic mass is 9.82. The molecule has 0 radical (unpaired) electrons. The average molecular weight is 386 g/mol. The maximum absolute atomic E-state index is 10.7. The van der Waals surface area contributed by atoms with Gasteiger partial charge in [-0.3, -0.25) is 4.79 Å². The van der Waals surface area contributed by atoms with Crippen LogP contribution in [0.1, 0.15) is 44.7 Å². The van der Waals surface area contributed by atoms with E-state index in [1.54, 1.807) is 13.2 Å². The molecule has 2 aromatic carbocycles. The Labute approximate surface area is 167 Å². The van der Waals surface area contributed by atoms with E-state index in [0.717, 1.165) is 17.7 Å². The zero-order valence-corrected chi connectivity index (χ0v) is 17.2. The Hall–Kier alpha value is -2.69. The number of hydrogen-bond donors (Lipinski definition) is 1. The molecule has 152 valence electrons. The van der Waals surface area contributed by atoms with Crippen LogP contribution in [0, 0.1) is 0 Å². The molecule has 5 nitrogen and oxygen atoms in total. The summed E-state index contributed by atoms with van der Waals surface area (Å²) >= 11 is 0. The molecule has 28 heavy (non-hydrogen) atoms. The molecule has 0 saturated heterocycles. The van der Waals surface area contributed by atoms with Gasteiger partial charge in [0.1, 0.15) is 19.0 Å². The van der Waals surface area contributed by atoms with Crippen molar-refractivity contribution in [3.8, 4) is 17.2 Å². The van der Waals surface area contributed by atoms with Crippen molar-refractivity contribution in [2.24, 2.45) is 0 Å². The fourth-order valence-corrected chi connectivity index (χ4v) is 2.76. The number of benzene rings is 2. The van der Waals surface area contributed by atoms with Gasteiger partial charge in [0.05, 0.1) is 7.11 Å². The van der Waals surface area contributed by atoms with Crippen molar-refractivity contribution in [3.63, 3.8) is 0 Å². The Morgan fingerprint density at radius 2 is 1.68 bits per heavy atom. The third-order valence-corrected chi connectivity index (χ3v) is 4.98. The fourth-order valence-electron chi connectivity index (χ4n) is 2.76. The van der Waals surface area contributed by atoms with Crippen molar-refractivity contribution in [1.29, 1.82) is 0 Å². The summed E-state index contributed by atoms with van der Waals surface area (Å²) in [4.78, 5) is 10.7. The monoisotopic (exact) mass is 386 g/mol. The van der Waals surface area contributed by atoms with E-state index in [9.17, 15) is 4.79 Å². The highest BCUT2D eigenvalue weighted by Gasteiger charge is 2.17. The second-order valence-electron chi connectivity index (χ2n) is 7.34. The molecule has 0 fully saturated rings. The first-order chi connectivity index (χ1) is 13.4. The summed E-state index contributed by atoms with van der Waals surface area (Å²) < 4.78 is 16.9. The molecule has 1 N–H and O–H groups in total. The lowest BCUT2D eigenvalue weighted by Gasteiger charge is -2.23. The van der Waals surface area contributed by atoms with E-state index in [2.05, 4.69) is 32.9 Å². The van der Waals surface area contributed by atoms with Crippen molar-refractivity contribution < 1.29 is 24.1 Å². The van der Waals surface area contributed by atoms with Crippen LogP contribution in [0.4, 0.5) is 0 Å². The van der Waals surface area contributed by atoms with Gasteiger partial charge in [-0.2, -0.15) is 0 Å². The third-order valence-electron chi connectivity index (χ3n) is 4.98. The van der Waals surface area contributed by atoms with Gasteiger partial charge in [0, 0.05) is 6.42 Å². The number of rotatable bonds is 11. The van der Waals surface area contributed by atoms with E-state index >= 15 is 0 Å². The van der Waals surface area contributed by atoms with E-state index in [-0.39, 0.29) is 11.8 Å². The van der Waals surface area contributed by atoms with Gasteiger partial charge < -0.3 is 19.3 Å². The Balaban J connectivity index is 1.85. The molecule has 0 bridgehead atoms. The van der Waals surface area contributed by atoms with Crippen molar-refractivity contribution in [2.75, 3.05) is 20.3 Å². The molecule has 0 saturated carbocycles. The van der Waals surface area contributed by atoms with E-state index < -0.39 is 5.97 Å². The number of methoxy groups -OCH3 is 1. The maximum atomic E-state index is 10.7. The standard InChI is InChI=1S/C23H30O5/c1-5-23(2,3)18-8-10-19(11-9-18)27-14-15-28-20-12-6-17(7-13-22(24)25)16-21(20)26-4/h6,8-12,16H,5,7,13-15H2,1-4H3,(H,24,25). The van der Waals surface area contributed by atoms with Crippen molar-refractivity contribution in [3.05, 3.63) is 53.6 Å². The minimum absolute atomic E-state index is 0.0887. The molecule has 2 aromatic rings. The van der Waals surface area contributed by atoms with Crippen LogP contribution in [0.5, 0.6) is 17.2 Å². The van der Waals surface area contributed by atoms with E-state index in [4.69, 9.17) is 19.3 Å². The molecular weight excluding hydrogens is 356 g/mol. The highest BCUT2D eigenvalue weighted by atomic mass is 16.5. The van der Waals surface area contributed by atoms with Gasteiger partial charge in [0.2, 0.25) is 0 Å². The van der Waals surface area contributed by atoms with Crippen LogP contribution in [0.25, 0.3) is 0 Å². The predicted molar refractivity (Wildman–Crippen MR) is 110 cm³/mol. The summed E-state index contributed by atoms with van der Waals surface area (Å²) in [5.41, 5.74) is 2.36. The molecular formula is C23H30O5. The van der Waals surface area contributed by atoms with Crippen LogP contribution < -0.4 is 14.2 Å². The minimum atomic E-state index is -0.817. The smallest absolute Gasteiger partial charge is 0.303 e. The minimum Gasteiger partial charge on any atom is -0.493 e. The Bertz CT molecular complexity index is 765. The zero-order chi connectivity index (χ0) is 20.6. The third kappa shape index (κ3) is 6.19. The molecule has 0 amide bonds. The lowest BCUT2D eigenvalue weighted by molar-refractivity contribution is -0.136. The number of carboxylic acid groups (broad SMARTS) is 1. The molecule has 0 aliphatic carbocycles. The summed E-state index contributed by atoms with van der Waals surface area (Å²) in [7, 11) is 1.57. The van der Waals surface area contributed by atoms with Gasteiger partial charge in [0.25, 0.3) is 0 Å². The highest BCUT2D eigenvalue weighted by molar-refractivity contribution is 5.67. The first-order valence-corrected chi connectivity index (χ1v) is 9.60. The normalized spacial score (nSPS) is 11.1. The van der Waals surface area contributed by atoms with Crippen LogP contribution in [0.15, 0.2) is 42.5 Å². The Morgan fingerprint density at radius 1 is 1.00 bits per heavy atom. The largest absolute Gasteiger partial charge is 0.493 e. The summed E-state index contributed by atoms with van der Waals surface area (Å²) in [6, 6.07) is 13.7. The number of hydrogen-bond acceptors (Lipinski definition) is 4. The maximum Gasteiger partial charge on any atom is 0.303 e. The van der Waals surface area contributed by atoms with Gasteiger partial charge in [-0.15, -0.1) is 0 Å². The summed E-state index contributed by atoms with van der Waals surface area (Å²) in [5.74, 6) is 1.21. The number of carboxylic acids is 1. The Kier molecular flexibility index (Phi) is 7.73. The zero-order valence-electron chi connectivity index (χ0n) is 17.2. The molecule has 0 heterocycles. The molecule has 0 unspecified atom stereocenters. The predicted octanol–water partition coefficient (Wildman–Crippen LogP) is 4.86. The van der Waals surface area contributed by atoms with E-state index in [1.165, 1.54) is 5.56 Å². The van der Waals surface area contributed by atoms with Crippen LogP contribution in [0.3, 0.4) is 0 Å². The topological polar surface area (TPSA) is 65.0 Å². The van der Waals surface area contributed by atoms with E-state index in [0.29, 0.717) is 31.1 Å². The van der Waals surface area contributed by atoms with Gasteiger partial charge in [0.15, 0.2) is 11.5 Å². The Morgan fingerprint density at radius 3 is 2.29 bits per heavy atom. The summed E-state index contributed by atoms with van der Waals surface area (Å²) in [6.45, 7) is 7.45. The molecule has 0 aliphatic heterocycles. The number of carbonyl (C=O) groups is 1. The summed E-state index contributed by atoms with van der Waals surface area (Å²) in [6.07, 6.45) is 1.63. The second-order valence-corrected chi connectivity index (χ2v) is 7.34. The van der Waals surface area contributed by atoms with Crippen molar-refractivity contribution in [2.45, 2.75) is 45.4 Å². The molecule has 2 rings (SSSR count). The molecule has 0 spiro atoms. The quantitative estimate of drug-likeness (QED) is 0.559. The number of aliphatic carboxylic acids is 1. The highest BCUT2D eigenvalue weighted by Crippen LogP contribution is 2.29. The SMILES string of the molecule is CCC(C)(C)c1ccc(OCCOc2ccc(CCC(=O)O)cc2OC)cc1. The fraction of sp³-hybridized carbons (Fsp3) is 0.435. The molecule has 0 aliphatic rings. The number of ether oxygens (including phenoxy) is 3. The van der Waals surface area contributed by atoms with Crippen LogP contribution in [-0.4, -0.2) is 31.4 Å². The van der Waals surface area contributed by atoms with Crippen molar-refractivity contribution in [1.82, 2.24) is 0 Å². The van der Waals surface area contributed by atoms with Crippen LogP contribution in [-0.2, 0) is 16.6 Å². The molecule has 0 aromatic heterocycles. The van der Waals surface area contributed by atoms with Crippen molar-refractivity contribution >= 4 is 5.97 Å². The first-order valence-electron chi connectivity index (χ1n) is 9.60. The average Bonchev–Trinajstić information content (AvgIpc) is 2.70. The van der Waals surface area contributed by atoms with Gasteiger partial charge in [-0.05, 0) is 53.6 Å².